The number of ketones is 1. The lowest BCUT2D eigenvalue weighted by Crippen LogP contribution is -2.56. The summed E-state index contributed by atoms with van der Waals surface area (Å²) >= 11 is 0. The quantitative estimate of drug-likeness (QED) is 0.264. The van der Waals surface area contributed by atoms with Crippen LogP contribution in [0.5, 0.6) is 5.75 Å². The number of fused-ring (bicyclic) bond motifs is 1. The molecule has 2 heterocycles. The molecule has 42 heavy (non-hydrogen) atoms. The minimum absolute atomic E-state index is 0.112. The molecule has 1 aliphatic heterocycles. The summed E-state index contributed by atoms with van der Waals surface area (Å²) in [7, 11) is 1.58. The second-order valence-corrected chi connectivity index (χ2v) is 11.8. The number of aromatic nitrogens is 2. The van der Waals surface area contributed by atoms with Crippen molar-refractivity contribution in [3.63, 3.8) is 0 Å². The Morgan fingerprint density at radius 2 is 1.74 bits per heavy atom. The Morgan fingerprint density at radius 3 is 2.43 bits per heavy atom. The summed E-state index contributed by atoms with van der Waals surface area (Å²) in [6, 6.07) is 4.78. The number of carbonyl (C=O) groups is 4. The molecule has 1 saturated heterocycles. The van der Waals surface area contributed by atoms with Crippen LogP contribution >= 0.6 is 0 Å². The van der Waals surface area contributed by atoms with Crippen molar-refractivity contribution in [2.24, 2.45) is 11.8 Å². The van der Waals surface area contributed by atoms with E-state index in [0.717, 1.165) is 48.9 Å². The third-order valence-corrected chi connectivity index (χ3v) is 8.73. The number of nitrogens with one attached hydrogen (secondary N) is 4. The molecule has 226 valence electrons. The molecule has 3 amide bonds. The number of amides is 3. The molecule has 2 fully saturated rings. The molecule has 11 nitrogen and oxygen atoms in total. The van der Waals surface area contributed by atoms with Gasteiger partial charge in [0, 0.05) is 18.0 Å². The third kappa shape index (κ3) is 7.56. The van der Waals surface area contributed by atoms with Gasteiger partial charge >= 0.3 is 0 Å². The van der Waals surface area contributed by atoms with Gasteiger partial charge in [0.25, 0.3) is 0 Å². The summed E-state index contributed by atoms with van der Waals surface area (Å²) in [5, 5.41) is 15.6. The average molecular weight is 580 g/mol. The molecule has 1 aromatic carbocycles. The number of aryl methyl sites for hydroxylation is 1. The van der Waals surface area contributed by atoms with E-state index in [2.05, 4.69) is 26.1 Å². The molecule has 3 aliphatic rings. The van der Waals surface area contributed by atoms with Gasteiger partial charge in [-0.2, -0.15) is 5.10 Å². The number of nitrogens with zero attached hydrogens (tertiary/aromatic N) is 1. The van der Waals surface area contributed by atoms with Gasteiger partial charge in [0.1, 0.15) is 23.9 Å². The summed E-state index contributed by atoms with van der Waals surface area (Å²) in [5.74, 6) is -0.421. The van der Waals surface area contributed by atoms with Crippen molar-refractivity contribution in [3.8, 4) is 5.75 Å². The van der Waals surface area contributed by atoms with Crippen molar-refractivity contribution in [3.05, 3.63) is 47.3 Å². The van der Waals surface area contributed by atoms with Gasteiger partial charge in [0.15, 0.2) is 5.78 Å². The molecule has 4 N–H and O–H groups in total. The van der Waals surface area contributed by atoms with E-state index in [-0.39, 0.29) is 24.0 Å². The van der Waals surface area contributed by atoms with Gasteiger partial charge in [0.2, 0.25) is 17.7 Å². The SMILES string of the molecule is COc1ccc(C[C@H](NC(=O)[C@@H](C)NC(=O)[C@H]2CCc3[nH]ncc3C2)C(=O)N[C@@H](CC2CCCC2)C(=O)[C@H]2CO2)cc1. The van der Waals surface area contributed by atoms with Gasteiger partial charge in [-0.25, -0.2) is 0 Å². The maximum absolute atomic E-state index is 13.7. The zero-order valence-corrected chi connectivity index (χ0v) is 24.3. The molecular weight excluding hydrogens is 538 g/mol. The molecule has 11 heteroatoms. The second-order valence-electron chi connectivity index (χ2n) is 11.8. The van der Waals surface area contributed by atoms with Crippen LogP contribution in [0.15, 0.2) is 30.5 Å². The van der Waals surface area contributed by atoms with E-state index in [1.54, 1.807) is 32.4 Å². The summed E-state index contributed by atoms with van der Waals surface area (Å²) in [6.45, 7) is 1.99. The number of H-pyrrole nitrogens is 1. The molecule has 5 atom stereocenters. The molecule has 1 aromatic heterocycles. The predicted octanol–water partition coefficient (Wildman–Crippen LogP) is 1.79. The minimum atomic E-state index is -0.951. The Hall–Kier alpha value is -3.73. The normalized spacial score (nSPS) is 21.9. The number of methoxy groups -OCH3 is 1. The van der Waals surface area contributed by atoms with Crippen LogP contribution in [0.1, 0.15) is 62.3 Å². The molecule has 0 spiro atoms. The van der Waals surface area contributed by atoms with Gasteiger partial charge in [0.05, 0.1) is 26.0 Å². The van der Waals surface area contributed by atoms with Crippen molar-refractivity contribution in [2.45, 2.75) is 88.9 Å². The van der Waals surface area contributed by atoms with Crippen molar-refractivity contribution in [2.75, 3.05) is 13.7 Å². The van der Waals surface area contributed by atoms with E-state index in [1.165, 1.54) is 0 Å². The average Bonchev–Trinajstić information content (AvgIpc) is 3.51. The van der Waals surface area contributed by atoms with Crippen LogP contribution in [0.2, 0.25) is 0 Å². The topological polar surface area (TPSA) is 155 Å². The highest BCUT2D eigenvalue weighted by Gasteiger charge is 2.39. The van der Waals surface area contributed by atoms with Crippen LogP contribution in [0, 0.1) is 11.8 Å². The first kappa shape index (κ1) is 29.8. The Balaban J connectivity index is 1.25. The standard InChI is InChI=1S/C31H41N5O6/c1-18(33-30(39)21-9-12-24-22(15-21)16-32-36-24)29(38)35-26(14-20-7-10-23(41-2)11-8-20)31(40)34-25(28(37)27-17-42-27)13-19-5-3-4-6-19/h7-8,10-11,16,18-19,21,25-27H,3-6,9,12-15,17H2,1-2H3,(H,32,36)(H,33,39)(H,34,40)(H,35,38)/t18-,21+,25+,26+,27-/m1/s1. The van der Waals surface area contributed by atoms with E-state index in [0.29, 0.717) is 37.5 Å². The Morgan fingerprint density at radius 1 is 1.02 bits per heavy atom. The zero-order valence-electron chi connectivity index (χ0n) is 24.3. The number of benzene rings is 1. The smallest absolute Gasteiger partial charge is 0.243 e. The Kier molecular flexibility index (Phi) is 9.56. The fourth-order valence-corrected chi connectivity index (χ4v) is 6.07. The summed E-state index contributed by atoms with van der Waals surface area (Å²) < 4.78 is 10.5. The maximum Gasteiger partial charge on any atom is 0.243 e. The summed E-state index contributed by atoms with van der Waals surface area (Å²) in [4.78, 5) is 53.1. The highest BCUT2D eigenvalue weighted by Crippen LogP contribution is 2.30. The van der Waals surface area contributed by atoms with Gasteiger partial charge < -0.3 is 25.4 Å². The van der Waals surface area contributed by atoms with Crippen molar-refractivity contribution in [1.82, 2.24) is 26.1 Å². The van der Waals surface area contributed by atoms with Gasteiger partial charge in [-0.3, -0.25) is 24.3 Å². The first-order valence-electron chi connectivity index (χ1n) is 15.0. The van der Waals surface area contributed by atoms with Gasteiger partial charge in [-0.05, 0) is 61.8 Å². The Bertz CT molecular complexity index is 1270. The first-order chi connectivity index (χ1) is 20.3. The first-order valence-corrected chi connectivity index (χ1v) is 15.0. The summed E-state index contributed by atoms with van der Waals surface area (Å²) in [5.41, 5.74) is 2.89. The number of aromatic amines is 1. The minimum Gasteiger partial charge on any atom is -0.497 e. The number of carbonyl (C=O) groups excluding carboxylic acids is 4. The van der Waals surface area contributed by atoms with E-state index in [4.69, 9.17) is 9.47 Å². The Labute approximate surface area is 245 Å². The maximum atomic E-state index is 13.7. The number of hydrogen-bond donors (Lipinski definition) is 4. The van der Waals surface area contributed by atoms with Crippen LogP contribution < -0.4 is 20.7 Å². The van der Waals surface area contributed by atoms with E-state index < -0.39 is 36.0 Å². The van der Waals surface area contributed by atoms with E-state index in [1.807, 2.05) is 12.1 Å². The molecule has 2 aromatic rings. The van der Waals surface area contributed by atoms with Crippen LogP contribution in [0.3, 0.4) is 0 Å². The number of epoxide rings is 1. The van der Waals surface area contributed by atoms with Gasteiger partial charge in [-0.1, -0.05) is 37.8 Å². The predicted molar refractivity (Wildman–Crippen MR) is 154 cm³/mol. The molecule has 0 unspecified atom stereocenters. The van der Waals surface area contributed by atoms with Crippen molar-refractivity contribution < 1.29 is 28.7 Å². The number of rotatable bonds is 13. The zero-order chi connectivity index (χ0) is 29.6. The fraction of sp³-hybridized carbons (Fsp3) is 0.581. The lowest BCUT2D eigenvalue weighted by Gasteiger charge is -2.26. The molecule has 5 rings (SSSR count). The van der Waals surface area contributed by atoms with Crippen molar-refractivity contribution in [1.29, 1.82) is 0 Å². The molecule has 2 aliphatic carbocycles. The fourth-order valence-electron chi connectivity index (χ4n) is 6.07. The highest BCUT2D eigenvalue weighted by atomic mass is 16.6. The highest BCUT2D eigenvalue weighted by molar-refractivity contribution is 5.96. The van der Waals surface area contributed by atoms with Crippen molar-refractivity contribution >= 4 is 23.5 Å². The molecule has 0 radical (unpaired) electrons. The van der Waals surface area contributed by atoms with E-state index >= 15 is 0 Å². The lowest BCUT2D eigenvalue weighted by molar-refractivity contribution is -0.134. The third-order valence-electron chi connectivity index (χ3n) is 8.73. The molecule has 1 saturated carbocycles. The van der Waals surface area contributed by atoms with Crippen LogP contribution in [0.4, 0.5) is 0 Å². The number of Topliss-reactive ketones (excluding diaryl/α,β-unsaturated/α-hetero) is 1. The number of ether oxygens (including phenoxy) is 2. The largest absolute Gasteiger partial charge is 0.497 e. The monoisotopic (exact) mass is 579 g/mol. The van der Waals surface area contributed by atoms with Crippen LogP contribution in [0.25, 0.3) is 0 Å². The lowest BCUT2D eigenvalue weighted by atomic mass is 9.87. The van der Waals surface area contributed by atoms with Crippen LogP contribution in [-0.4, -0.2) is 71.6 Å². The molecular formula is C31H41N5O6. The van der Waals surface area contributed by atoms with Crippen LogP contribution in [-0.2, 0) is 43.2 Å². The van der Waals surface area contributed by atoms with Gasteiger partial charge in [-0.15, -0.1) is 0 Å². The second kappa shape index (κ2) is 13.5. The molecule has 0 bridgehead atoms. The van der Waals surface area contributed by atoms with E-state index in [9.17, 15) is 19.2 Å². The number of hydrogen-bond acceptors (Lipinski definition) is 7. The summed E-state index contributed by atoms with van der Waals surface area (Å²) in [6.07, 6.45) is 8.34.